The van der Waals surface area contributed by atoms with Crippen molar-refractivity contribution < 1.29 is 19.1 Å². The van der Waals surface area contributed by atoms with Gasteiger partial charge in [-0.15, -0.1) is 0 Å². The van der Waals surface area contributed by atoms with Crippen molar-refractivity contribution in [2.24, 2.45) is 5.41 Å². The number of carbonyl (C=O) groups excluding carboxylic acids is 2. The number of benzene rings is 1. The highest BCUT2D eigenvalue weighted by molar-refractivity contribution is 5.99. The molecule has 1 aromatic carbocycles. The van der Waals surface area contributed by atoms with Crippen LogP contribution in [0.2, 0.25) is 0 Å². The number of hydrogen-bond acceptors (Lipinski definition) is 4. The second kappa shape index (κ2) is 6.13. The fourth-order valence-corrected chi connectivity index (χ4v) is 4.30. The van der Waals surface area contributed by atoms with Crippen LogP contribution >= 0.6 is 0 Å². The number of hydrogen-bond donors (Lipinski definition) is 2. The maximum Gasteiger partial charge on any atom is 0.289 e. The minimum atomic E-state index is -0.900. The van der Waals surface area contributed by atoms with Gasteiger partial charge in [-0.3, -0.25) is 9.59 Å². The largest absolute Gasteiger partial charge is 0.451 e. The van der Waals surface area contributed by atoms with Crippen molar-refractivity contribution in [3.8, 4) is 0 Å². The Morgan fingerprint density at radius 1 is 1.38 bits per heavy atom. The molecule has 2 amide bonds. The molecule has 2 atom stereocenters. The van der Waals surface area contributed by atoms with Crippen LogP contribution < -0.4 is 5.32 Å². The monoisotopic (exact) mass is 356 g/mol. The summed E-state index contributed by atoms with van der Waals surface area (Å²) in [4.78, 5) is 27.3. The van der Waals surface area contributed by atoms with E-state index in [1.54, 1.807) is 4.90 Å². The van der Waals surface area contributed by atoms with Crippen LogP contribution in [-0.2, 0) is 4.79 Å². The van der Waals surface area contributed by atoms with Gasteiger partial charge in [-0.25, -0.2) is 0 Å². The number of nitrogens with one attached hydrogen (secondary N) is 1. The molecule has 6 heteroatoms. The number of rotatable bonds is 1. The summed E-state index contributed by atoms with van der Waals surface area (Å²) in [6.07, 6.45) is 1.10. The quantitative estimate of drug-likeness (QED) is 0.820. The van der Waals surface area contributed by atoms with Crippen LogP contribution in [0.4, 0.5) is 0 Å². The number of aliphatic hydroxyl groups excluding tert-OH is 1. The first-order valence-corrected chi connectivity index (χ1v) is 9.18. The lowest BCUT2D eigenvalue weighted by Gasteiger charge is -2.46. The number of fused-ring (bicyclic) bond motifs is 1. The molecule has 0 radical (unpaired) electrons. The Balaban J connectivity index is 1.66. The average Bonchev–Trinajstić information content (AvgIpc) is 2.95. The van der Waals surface area contributed by atoms with E-state index in [1.165, 1.54) is 0 Å². The van der Waals surface area contributed by atoms with Crippen LogP contribution in [0.1, 0.15) is 40.9 Å². The van der Waals surface area contributed by atoms with Gasteiger partial charge in [-0.2, -0.15) is 0 Å². The Morgan fingerprint density at radius 3 is 2.96 bits per heavy atom. The molecule has 26 heavy (non-hydrogen) atoms. The lowest BCUT2D eigenvalue weighted by atomic mass is 9.71. The molecule has 0 aliphatic carbocycles. The van der Waals surface area contributed by atoms with Crippen molar-refractivity contribution in [3.05, 3.63) is 35.1 Å². The highest BCUT2D eigenvalue weighted by Gasteiger charge is 2.51. The van der Waals surface area contributed by atoms with Crippen molar-refractivity contribution in [3.63, 3.8) is 0 Å². The molecule has 0 unspecified atom stereocenters. The molecule has 2 aliphatic rings. The van der Waals surface area contributed by atoms with Gasteiger partial charge < -0.3 is 19.7 Å². The normalized spacial score (nSPS) is 26.3. The molecule has 2 saturated heterocycles. The Bertz CT molecular complexity index is 887. The molecule has 1 spiro atoms. The topological polar surface area (TPSA) is 82.8 Å². The van der Waals surface area contributed by atoms with Gasteiger partial charge in [0.1, 0.15) is 5.58 Å². The first-order chi connectivity index (χ1) is 12.4. The fraction of sp³-hybridized carbons (Fsp3) is 0.500. The third-order valence-corrected chi connectivity index (χ3v) is 5.90. The zero-order valence-corrected chi connectivity index (χ0v) is 15.2. The summed E-state index contributed by atoms with van der Waals surface area (Å²) in [6, 6.07) is 5.89. The SMILES string of the molecule is Cc1ccc2c(C)c(C(=O)N3CC[C@@H](O)[C@@]4(CCCNC4=O)C3)oc2c1. The van der Waals surface area contributed by atoms with E-state index < -0.39 is 11.5 Å². The Kier molecular flexibility index (Phi) is 4.03. The van der Waals surface area contributed by atoms with Crippen LogP contribution in [0.15, 0.2) is 22.6 Å². The van der Waals surface area contributed by atoms with Crippen molar-refractivity contribution in [2.75, 3.05) is 19.6 Å². The highest BCUT2D eigenvalue weighted by Crippen LogP contribution is 2.38. The molecule has 0 saturated carbocycles. The average molecular weight is 356 g/mol. The summed E-state index contributed by atoms with van der Waals surface area (Å²) in [7, 11) is 0. The molecular formula is C20H24N2O4. The number of nitrogens with zero attached hydrogens (tertiary/aromatic N) is 1. The second-order valence-electron chi connectivity index (χ2n) is 7.60. The predicted molar refractivity (Wildman–Crippen MR) is 96.9 cm³/mol. The minimum Gasteiger partial charge on any atom is -0.451 e. The summed E-state index contributed by atoms with van der Waals surface area (Å²) in [5.74, 6) is -0.0277. The first kappa shape index (κ1) is 17.1. The van der Waals surface area contributed by atoms with Crippen LogP contribution in [0.3, 0.4) is 0 Å². The molecule has 2 aromatic rings. The Hall–Kier alpha value is -2.34. The fourth-order valence-electron chi connectivity index (χ4n) is 4.30. The first-order valence-electron chi connectivity index (χ1n) is 9.18. The lowest BCUT2D eigenvalue weighted by molar-refractivity contribution is -0.147. The van der Waals surface area contributed by atoms with E-state index in [9.17, 15) is 14.7 Å². The van der Waals surface area contributed by atoms with Gasteiger partial charge in [0, 0.05) is 30.6 Å². The summed E-state index contributed by atoms with van der Waals surface area (Å²) in [5.41, 5.74) is 1.69. The molecule has 3 heterocycles. The van der Waals surface area contributed by atoms with E-state index in [4.69, 9.17) is 4.42 Å². The van der Waals surface area contributed by atoms with E-state index in [0.29, 0.717) is 37.3 Å². The summed E-state index contributed by atoms with van der Waals surface area (Å²) < 4.78 is 5.87. The number of likely N-dealkylation sites (tertiary alicyclic amines) is 1. The molecular weight excluding hydrogens is 332 g/mol. The maximum absolute atomic E-state index is 13.1. The molecule has 0 bridgehead atoms. The smallest absolute Gasteiger partial charge is 0.289 e. The zero-order chi connectivity index (χ0) is 18.5. The van der Waals surface area contributed by atoms with Gasteiger partial charge in [-0.05, 0) is 44.7 Å². The van der Waals surface area contributed by atoms with Gasteiger partial charge >= 0.3 is 0 Å². The lowest BCUT2D eigenvalue weighted by Crippen LogP contribution is -2.62. The third kappa shape index (κ3) is 2.51. The van der Waals surface area contributed by atoms with Gasteiger partial charge in [0.2, 0.25) is 5.91 Å². The number of carbonyl (C=O) groups is 2. The van der Waals surface area contributed by atoms with E-state index in [-0.39, 0.29) is 18.4 Å². The summed E-state index contributed by atoms with van der Waals surface area (Å²) in [5, 5.41) is 14.3. The van der Waals surface area contributed by atoms with Gasteiger partial charge in [0.25, 0.3) is 5.91 Å². The van der Waals surface area contributed by atoms with E-state index in [1.807, 2.05) is 32.0 Å². The van der Waals surface area contributed by atoms with Crippen LogP contribution in [0.25, 0.3) is 11.0 Å². The van der Waals surface area contributed by atoms with Crippen molar-refractivity contribution in [1.29, 1.82) is 0 Å². The van der Waals surface area contributed by atoms with E-state index >= 15 is 0 Å². The van der Waals surface area contributed by atoms with Crippen LogP contribution in [0.5, 0.6) is 0 Å². The molecule has 2 N–H and O–H groups in total. The van der Waals surface area contributed by atoms with Crippen LogP contribution in [0, 0.1) is 19.3 Å². The zero-order valence-electron chi connectivity index (χ0n) is 15.2. The number of piperidine rings is 2. The molecule has 6 nitrogen and oxygen atoms in total. The summed E-state index contributed by atoms with van der Waals surface area (Å²) in [6.45, 7) is 5.15. The number of furan rings is 1. The third-order valence-electron chi connectivity index (χ3n) is 5.90. The minimum absolute atomic E-state index is 0.147. The summed E-state index contributed by atoms with van der Waals surface area (Å²) >= 11 is 0. The number of amides is 2. The van der Waals surface area contributed by atoms with E-state index in [2.05, 4.69) is 5.32 Å². The molecule has 2 fully saturated rings. The maximum atomic E-state index is 13.1. The Labute approximate surface area is 152 Å². The highest BCUT2D eigenvalue weighted by atomic mass is 16.3. The van der Waals surface area contributed by atoms with Crippen LogP contribution in [-0.4, -0.2) is 47.6 Å². The Morgan fingerprint density at radius 2 is 2.19 bits per heavy atom. The van der Waals surface area contributed by atoms with Crippen molar-refractivity contribution in [2.45, 2.75) is 39.2 Å². The molecule has 2 aliphatic heterocycles. The van der Waals surface area contributed by atoms with Crippen molar-refractivity contribution in [1.82, 2.24) is 10.2 Å². The van der Waals surface area contributed by atoms with Gasteiger partial charge in [-0.1, -0.05) is 12.1 Å². The standard InChI is InChI=1S/C20H24N2O4/c1-12-4-5-14-13(2)17(26-15(14)10-12)18(24)22-9-6-16(23)20(11-22)7-3-8-21-19(20)25/h4-5,10,16,23H,3,6-9,11H2,1-2H3,(H,21,25)/t16-,20-/m1/s1. The van der Waals surface area contributed by atoms with Crippen molar-refractivity contribution >= 4 is 22.8 Å². The molecule has 138 valence electrons. The number of aliphatic hydroxyl groups is 1. The molecule has 4 rings (SSSR count). The molecule has 1 aromatic heterocycles. The van der Waals surface area contributed by atoms with Gasteiger partial charge in [0.05, 0.1) is 11.5 Å². The van der Waals surface area contributed by atoms with Gasteiger partial charge in [0.15, 0.2) is 5.76 Å². The van der Waals surface area contributed by atoms with E-state index in [0.717, 1.165) is 22.9 Å². The number of aryl methyl sites for hydroxylation is 2. The second-order valence-corrected chi connectivity index (χ2v) is 7.60. The predicted octanol–water partition coefficient (Wildman–Crippen LogP) is 2.15.